The largest absolute Gasteiger partial charge is 0.504 e. The highest BCUT2D eigenvalue weighted by Crippen LogP contribution is 2.68. The van der Waals surface area contributed by atoms with Crippen LogP contribution >= 0.6 is 0 Å². The number of hydrogen-bond acceptors (Lipinski definition) is 6. The molecule has 1 saturated heterocycles. The lowest BCUT2D eigenvalue weighted by atomic mass is 9.47. The van der Waals surface area contributed by atoms with Crippen LogP contribution in [0.3, 0.4) is 0 Å². The van der Waals surface area contributed by atoms with Crippen molar-refractivity contribution in [2.45, 2.75) is 67.0 Å². The van der Waals surface area contributed by atoms with Crippen LogP contribution in [0.25, 0.3) is 0 Å². The molecular formula is C22H29NO6. The van der Waals surface area contributed by atoms with E-state index in [0.717, 1.165) is 5.56 Å². The molecule has 158 valence electrons. The van der Waals surface area contributed by atoms with E-state index in [1.165, 1.54) is 6.07 Å². The molecular weight excluding hydrogens is 374 g/mol. The van der Waals surface area contributed by atoms with Gasteiger partial charge in [-0.05, 0) is 30.9 Å². The fourth-order valence-corrected chi connectivity index (χ4v) is 6.98. The monoisotopic (exact) mass is 403 g/mol. The third-order valence-electron chi connectivity index (χ3n) is 8.58. The fourth-order valence-electron chi connectivity index (χ4n) is 6.98. The lowest BCUT2D eigenvalue weighted by Crippen LogP contribution is -2.87. The minimum absolute atomic E-state index is 0. The summed E-state index contributed by atoms with van der Waals surface area (Å²) in [6.07, 6.45) is 1.46. The van der Waals surface area contributed by atoms with Gasteiger partial charge in [-0.1, -0.05) is 6.07 Å². The smallest absolute Gasteiger partial charge is 0.235 e. The van der Waals surface area contributed by atoms with Crippen LogP contribution in [0.2, 0.25) is 0 Å². The number of aliphatic hydroxyl groups is 3. The minimum atomic E-state index is -1.57. The summed E-state index contributed by atoms with van der Waals surface area (Å²) < 4.78 is 6.14. The molecule has 6 rings (SSSR count). The molecule has 0 radical (unpaired) electrons. The fraction of sp³-hybridized carbons (Fsp3) is 0.636. The molecule has 1 aromatic carbocycles. The Balaban J connectivity index is 0.00000181. The summed E-state index contributed by atoms with van der Waals surface area (Å²) in [7, 11) is 1.91. The molecule has 5 aliphatic rings. The molecule has 2 saturated carbocycles. The second-order valence-electron chi connectivity index (χ2n) is 9.99. The van der Waals surface area contributed by atoms with Gasteiger partial charge in [-0.15, -0.1) is 0 Å². The van der Waals surface area contributed by atoms with Crippen LogP contribution in [-0.4, -0.2) is 73.9 Å². The molecule has 1 aromatic rings. The summed E-state index contributed by atoms with van der Waals surface area (Å²) in [6.45, 7) is 0.893. The Kier molecular flexibility index (Phi) is 3.42. The molecule has 2 aliphatic heterocycles. The Morgan fingerprint density at radius 2 is 1.90 bits per heavy atom. The molecule has 1 spiro atoms. The van der Waals surface area contributed by atoms with Gasteiger partial charge in [0.05, 0.1) is 25.4 Å². The first-order valence-corrected chi connectivity index (χ1v) is 10.2. The van der Waals surface area contributed by atoms with Gasteiger partial charge in [0.15, 0.2) is 29.0 Å². The number of likely N-dealkylation sites (N-methyl/N-ethyl adjacent to an activating group) is 1. The van der Waals surface area contributed by atoms with Crippen molar-refractivity contribution in [1.82, 2.24) is 0 Å². The van der Waals surface area contributed by atoms with Gasteiger partial charge < -0.3 is 32.6 Å². The van der Waals surface area contributed by atoms with E-state index in [-0.39, 0.29) is 48.5 Å². The van der Waals surface area contributed by atoms with Crippen LogP contribution in [0.5, 0.6) is 11.5 Å². The number of phenolic OH excluding ortho intramolecular Hbond substituents is 1. The van der Waals surface area contributed by atoms with Gasteiger partial charge in [-0.3, -0.25) is 9.28 Å². The Morgan fingerprint density at radius 3 is 2.59 bits per heavy atom. The first kappa shape index (κ1) is 19.3. The number of piperidine rings is 1. The SMILES string of the molecule is C[N@+]1(CC2(O)CC2)CC[C@]23c4c5ccc(O)c4O[C@H]2C(=O)CC[C@@]3(O)[C@@]1(O)C5.[CH3-]. The molecule has 0 unspecified atom stereocenters. The number of carbonyl (C=O) groups excluding carboxylic acids is 1. The third kappa shape index (κ3) is 1.87. The van der Waals surface area contributed by atoms with E-state index in [0.29, 0.717) is 37.9 Å². The maximum absolute atomic E-state index is 12.8. The van der Waals surface area contributed by atoms with Crippen LogP contribution in [0, 0.1) is 7.43 Å². The molecule has 7 nitrogen and oxygen atoms in total. The third-order valence-corrected chi connectivity index (χ3v) is 8.58. The maximum atomic E-state index is 12.8. The standard InChI is InChI=1S/C21H25NO6.CH3/c1-22(11-18(25)6-7-18)9-8-19-15-12-2-3-13(23)16(15)28-17(19)14(24)4-5-20(19,26)21(22,27)10-12;/h2-3,17,25-27H,4-11H2,1H3;1H3/q;-1/p+1/t17-,19-,20-,21-,22+;/m0./s1. The number of phenols is 1. The predicted molar refractivity (Wildman–Crippen MR) is 103 cm³/mol. The van der Waals surface area contributed by atoms with E-state index >= 15 is 0 Å². The highest BCUT2D eigenvalue weighted by molar-refractivity contribution is 5.90. The van der Waals surface area contributed by atoms with E-state index < -0.39 is 28.4 Å². The van der Waals surface area contributed by atoms with Crippen LogP contribution in [-0.2, 0) is 16.6 Å². The van der Waals surface area contributed by atoms with Gasteiger partial charge in [-0.25, -0.2) is 0 Å². The van der Waals surface area contributed by atoms with E-state index in [1.54, 1.807) is 6.07 Å². The number of Topliss-reactive ketones (excluding diaryl/α,β-unsaturated/α-hetero) is 1. The first-order valence-electron chi connectivity index (χ1n) is 10.2. The predicted octanol–water partition coefficient (Wildman–Crippen LogP) is 0.555. The summed E-state index contributed by atoms with van der Waals surface area (Å²) >= 11 is 0. The average Bonchev–Trinajstić information content (AvgIpc) is 3.23. The van der Waals surface area contributed by atoms with Crippen molar-refractivity contribution in [3.63, 3.8) is 0 Å². The number of ketones is 1. The lowest BCUT2D eigenvalue weighted by molar-refractivity contribution is -1.00. The van der Waals surface area contributed by atoms with Crippen molar-refractivity contribution in [3.8, 4) is 11.5 Å². The number of ether oxygens (including phenoxy) is 1. The number of rotatable bonds is 2. The minimum Gasteiger partial charge on any atom is -0.504 e. The van der Waals surface area contributed by atoms with Crippen molar-refractivity contribution >= 4 is 5.78 Å². The maximum Gasteiger partial charge on any atom is 0.235 e. The van der Waals surface area contributed by atoms with Gasteiger partial charge in [0, 0.05) is 18.4 Å². The zero-order chi connectivity index (χ0) is 19.7. The van der Waals surface area contributed by atoms with Crippen LogP contribution < -0.4 is 4.74 Å². The van der Waals surface area contributed by atoms with Gasteiger partial charge >= 0.3 is 0 Å². The van der Waals surface area contributed by atoms with E-state index in [1.807, 2.05) is 7.05 Å². The number of quaternary nitrogens is 1. The molecule has 3 aliphatic carbocycles. The van der Waals surface area contributed by atoms with E-state index in [4.69, 9.17) is 4.74 Å². The highest BCUT2D eigenvalue weighted by atomic mass is 16.5. The molecule has 3 fully saturated rings. The van der Waals surface area contributed by atoms with Gasteiger partial charge in [0.1, 0.15) is 12.1 Å². The van der Waals surface area contributed by atoms with Crippen molar-refractivity contribution < 1.29 is 34.4 Å². The second-order valence-corrected chi connectivity index (χ2v) is 9.99. The van der Waals surface area contributed by atoms with Crippen molar-refractivity contribution in [3.05, 3.63) is 30.7 Å². The molecule has 29 heavy (non-hydrogen) atoms. The Hall–Kier alpha value is -1.67. The van der Waals surface area contributed by atoms with Crippen molar-refractivity contribution in [2.75, 3.05) is 20.1 Å². The van der Waals surface area contributed by atoms with E-state index in [2.05, 4.69) is 0 Å². The highest BCUT2D eigenvalue weighted by Gasteiger charge is 2.82. The number of hydrogen-bond donors (Lipinski definition) is 4. The number of benzene rings is 1. The summed E-state index contributed by atoms with van der Waals surface area (Å²) in [5.74, 6) is 0.167. The average molecular weight is 403 g/mol. The van der Waals surface area contributed by atoms with Crippen LogP contribution in [0.1, 0.15) is 43.2 Å². The topological polar surface area (TPSA) is 107 Å². The molecule has 0 amide bonds. The van der Waals surface area contributed by atoms with Gasteiger partial charge in [0.2, 0.25) is 5.72 Å². The molecule has 0 aromatic heterocycles. The summed E-state index contributed by atoms with van der Waals surface area (Å²) in [4.78, 5) is 12.8. The number of nitrogens with zero attached hydrogens (tertiary/aromatic N) is 1. The Morgan fingerprint density at radius 1 is 1.17 bits per heavy atom. The molecule has 2 bridgehead atoms. The van der Waals surface area contributed by atoms with E-state index in [9.17, 15) is 25.2 Å². The van der Waals surface area contributed by atoms with Gasteiger partial charge in [-0.2, -0.15) is 0 Å². The van der Waals surface area contributed by atoms with Crippen molar-refractivity contribution in [1.29, 1.82) is 0 Å². The molecule has 4 N–H and O–H groups in total. The normalized spacial score (nSPS) is 45.1. The molecule has 7 heteroatoms. The summed E-state index contributed by atoms with van der Waals surface area (Å²) in [6, 6.07) is 3.31. The molecule has 2 heterocycles. The summed E-state index contributed by atoms with van der Waals surface area (Å²) in [5, 5.41) is 45.4. The van der Waals surface area contributed by atoms with Crippen LogP contribution in [0.4, 0.5) is 0 Å². The van der Waals surface area contributed by atoms with Gasteiger partial charge in [0.25, 0.3) is 0 Å². The quantitative estimate of drug-likeness (QED) is 0.425. The zero-order valence-corrected chi connectivity index (χ0v) is 16.9. The Labute approximate surface area is 170 Å². The zero-order valence-electron chi connectivity index (χ0n) is 16.9. The second kappa shape index (κ2) is 5.14. The number of aromatic hydroxyl groups is 1. The lowest BCUT2D eigenvalue weighted by Gasteiger charge is -2.68. The number of carbonyl (C=O) groups is 1. The van der Waals surface area contributed by atoms with Crippen LogP contribution in [0.15, 0.2) is 12.1 Å². The van der Waals surface area contributed by atoms with Crippen molar-refractivity contribution in [2.24, 2.45) is 0 Å². The first-order chi connectivity index (χ1) is 13.1. The Bertz CT molecular complexity index is 943. The molecule has 5 atom stereocenters. The number of likely N-dealkylation sites (tertiary alicyclic amines) is 1. The summed E-state index contributed by atoms with van der Waals surface area (Å²) in [5.41, 5.74) is -3.44.